The van der Waals surface area contributed by atoms with Crippen molar-refractivity contribution in [2.45, 2.75) is 0 Å². The predicted molar refractivity (Wildman–Crippen MR) is 17.4 cm³/mol. The van der Waals surface area contributed by atoms with Gasteiger partial charge in [0.15, 0.2) is 0 Å². The molecule has 0 unspecified atom stereocenters. The minimum atomic E-state index is 0. The van der Waals surface area contributed by atoms with Crippen molar-refractivity contribution in [1.82, 2.24) is 9.97 Å². The maximum atomic E-state index is 3.54. The average molecular weight is 175 g/mol. The fourth-order valence-electron chi connectivity index (χ4n) is 0.186. The first-order valence-corrected chi connectivity index (χ1v) is 1.35. The Morgan fingerprint density at radius 3 is 2.67 bits per heavy atom. The molecular weight excluding hydrogens is 172 g/mol. The Kier molecular flexibility index (Phi) is 3.13. The molecule has 0 spiro atoms. The van der Waals surface area contributed by atoms with E-state index < -0.39 is 0 Å². The molecule has 1 N–H and O–H groups in total. The molecule has 0 atom stereocenters. The van der Waals surface area contributed by atoms with E-state index in [1.807, 2.05) is 0 Å². The first-order chi connectivity index (χ1) is 2.50. The molecule has 1 rings (SSSR count). The Morgan fingerprint density at radius 1 is 1.67 bits per heavy atom. The zero-order chi connectivity index (χ0) is 3.54. The molecule has 36 valence electrons. The second kappa shape index (κ2) is 3.15. The Labute approximate surface area is 51.5 Å². The maximum Gasteiger partial charge on any atom is 1.00 e. The smallest absolute Gasteiger partial charge is 0.467 e. The van der Waals surface area contributed by atoms with Crippen LogP contribution in [0.5, 0.6) is 0 Å². The quantitative estimate of drug-likeness (QED) is 0.443. The van der Waals surface area contributed by atoms with Gasteiger partial charge in [-0.1, -0.05) is 0 Å². The molecule has 0 aromatic carbocycles. The minimum Gasteiger partial charge on any atom is -0.467 e. The molecule has 0 bridgehead atoms. The van der Waals surface area contributed by atoms with Crippen LogP contribution in [0.15, 0.2) is 12.4 Å². The van der Waals surface area contributed by atoms with Crippen molar-refractivity contribution in [3.05, 3.63) is 18.7 Å². The van der Waals surface area contributed by atoms with Crippen LogP contribution in [0, 0.1) is 6.33 Å². The van der Waals surface area contributed by atoms with Crippen LogP contribution in [0.4, 0.5) is 0 Å². The van der Waals surface area contributed by atoms with Gasteiger partial charge < -0.3 is 9.97 Å². The van der Waals surface area contributed by atoms with Crippen LogP contribution in [-0.4, -0.2) is 9.97 Å². The third-order valence-electron chi connectivity index (χ3n) is 0.362. The summed E-state index contributed by atoms with van der Waals surface area (Å²) in [5.74, 6) is 0. The van der Waals surface area contributed by atoms with E-state index in [2.05, 4.69) is 16.3 Å². The van der Waals surface area contributed by atoms with Crippen molar-refractivity contribution in [2.75, 3.05) is 0 Å². The summed E-state index contributed by atoms with van der Waals surface area (Å²) < 4.78 is 0. The Balaban J connectivity index is 0.000000250. The second-order valence-corrected chi connectivity index (χ2v) is 0.701. The average Bonchev–Trinajstić information content (AvgIpc) is 1.76. The van der Waals surface area contributed by atoms with Crippen molar-refractivity contribution < 1.29 is 22.4 Å². The van der Waals surface area contributed by atoms with Crippen LogP contribution < -0.4 is 0 Å². The number of H-pyrrole nitrogens is 1. The molecular formula is C3H3AgN2. The summed E-state index contributed by atoms with van der Waals surface area (Å²) in [5.41, 5.74) is 0. The number of hydrogen-bond donors (Lipinski definition) is 1. The molecule has 1 aromatic heterocycles. The van der Waals surface area contributed by atoms with Crippen molar-refractivity contribution in [3.8, 4) is 0 Å². The van der Waals surface area contributed by atoms with Crippen molar-refractivity contribution in [3.63, 3.8) is 0 Å². The van der Waals surface area contributed by atoms with Crippen LogP contribution in [-0.2, 0) is 22.4 Å². The Bertz CT molecular complexity index is 65.3. The van der Waals surface area contributed by atoms with E-state index in [9.17, 15) is 0 Å². The fraction of sp³-hybridized carbons (Fsp3) is 0. The van der Waals surface area contributed by atoms with Crippen molar-refractivity contribution >= 4 is 0 Å². The zero-order valence-corrected chi connectivity index (χ0v) is 4.39. The van der Waals surface area contributed by atoms with Gasteiger partial charge in [0.05, 0.1) is 0 Å². The van der Waals surface area contributed by atoms with E-state index in [1.54, 1.807) is 12.4 Å². The van der Waals surface area contributed by atoms with E-state index in [4.69, 9.17) is 0 Å². The molecule has 0 aliphatic heterocycles. The number of nitrogens with one attached hydrogen (secondary N) is 1. The number of nitrogens with zero attached hydrogens (tertiary/aromatic N) is 1. The number of imidazole rings is 1. The van der Waals surface area contributed by atoms with Gasteiger partial charge in [-0.15, -0.1) is 12.4 Å². The van der Waals surface area contributed by atoms with Gasteiger partial charge >= 0.3 is 22.4 Å². The van der Waals surface area contributed by atoms with Gasteiger partial charge in [0.25, 0.3) is 0 Å². The topological polar surface area (TPSA) is 28.7 Å². The normalized spacial score (nSPS) is 6.67. The molecule has 0 amide bonds. The molecule has 0 saturated heterocycles. The van der Waals surface area contributed by atoms with Crippen LogP contribution in [0.1, 0.15) is 0 Å². The molecule has 3 heteroatoms. The van der Waals surface area contributed by atoms with Crippen molar-refractivity contribution in [1.29, 1.82) is 0 Å². The molecule has 0 radical (unpaired) electrons. The molecule has 0 saturated carbocycles. The van der Waals surface area contributed by atoms with Gasteiger partial charge in [-0.05, 0) is 6.33 Å². The van der Waals surface area contributed by atoms with Gasteiger partial charge in [0, 0.05) is 0 Å². The summed E-state index contributed by atoms with van der Waals surface area (Å²) in [4.78, 5) is 6.17. The SMILES string of the molecule is [Ag+].[c-]1ncc[nH]1. The van der Waals surface area contributed by atoms with Gasteiger partial charge in [0.2, 0.25) is 0 Å². The van der Waals surface area contributed by atoms with E-state index in [0.717, 1.165) is 0 Å². The molecule has 0 aliphatic carbocycles. The van der Waals surface area contributed by atoms with Gasteiger partial charge in [-0.2, -0.15) is 0 Å². The summed E-state index contributed by atoms with van der Waals surface area (Å²) in [6, 6.07) is 0. The van der Waals surface area contributed by atoms with Crippen LogP contribution >= 0.6 is 0 Å². The fourth-order valence-corrected chi connectivity index (χ4v) is 0.186. The van der Waals surface area contributed by atoms with E-state index >= 15 is 0 Å². The zero-order valence-electron chi connectivity index (χ0n) is 2.90. The summed E-state index contributed by atoms with van der Waals surface area (Å²) in [7, 11) is 0. The standard InChI is InChI=1S/C3H3N2.Ag/c1-2-5-3-4-1;/h1-2H,(H,4,5);/q-1;+1. The van der Waals surface area contributed by atoms with Crippen molar-refractivity contribution in [2.24, 2.45) is 0 Å². The first-order valence-electron chi connectivity index (χ1n) is 1.35. The van der Waals surface area contributed by atoms with E-state index in [-0.39, 0.29) is 22.4 Å². The molecule has 0 fully saturated rings. The largest absolute Gasteiger partial charge is 1.00 e. The third kappa shape index (κ3) is 1.40. The Morgan fingerprint density at radius 2 is 2.50 bits per heavy atom. The summed E-state index contributed by atoms with van der Waals surface area (Å²) >= 11 is 0. The van der Waals surface area contributed by atoms with E-state index in [0.29, 0.717) is 0 Å². The molecule has 2 nitrogen and oxygen atoms in total. The Hall–Kier alpha value is -0.0497. The molecule has 1 aromatic rings. The third-order valence-corrected chi connectivity index (χ3v) is 0.362. The van der Waals surface area contributed by atoms with Crippen LogP contribution in [0.25, 0.3) is 0 Å². The van der Waals surface area contributed by atoms with Crippen LogP contribution in [0.3, 0.4) is 0 Å². The maximum absolute atomic E-state index is 3.54. The molecule has 0 aliphatic rings. The summed E-state index contributed by atoms with van der Waals surface area (Å²) in [5, 5.41) is 0. The number of aromatic nitrogens is 2. The van der Waals surface area contributed by atoms with Gasteiger partial charge in [-0.25, -0.2) is 0 Å². The molecule has 1 heterocycles. The monoisotopic (exact) mass is 174 g/mol. The number of rotatable bonds is 0. The minimum absolute atomic E-state index is 0. The summed E-state index contributed by atoms with van der Waals surface area (Å²) in [6.07, 6.45) is 5.83. The van der Waals surface area contributed by atoms with Gasteiger partial charge in [-0.3, -0.25) is 0 Å². The van der Waals surface area contributed by atoms with Gasteiger partial charge in [0.1, 0.15) is 0 Å². The predicted octanol–water partition coefficient (Wildman–Crippen LogP) is 0.207. The number of hydrogen-bond acceptors (Lipinski definition) is 1. The molecule has 6 heavy (non-hydrogen) atoms. The second-order valence-electron chi connectivity index (χ2n) is 0.701. The van der Waals surface area contributed by atoms with Crippen LogP contribution in [0.2, 0.25) is 0 Å². The first kappa shape index (κ1) is 5.95. The number of aromatic amines is 1. The van der Waals surface area contributed by atoms with E-state index in [1.165, 1.54) is 0 Å². The summed E-state index contributed by atoms with van der Waals surface area (Å²) in [6.45, 7) is 0.